The fourth-order valence-electron chi connectivity index (χ4n) is 2.92. The summed E-state index contributed by atoms with van der Waals surface area (Å²) >= 11 is 6.05. The third kappa shape index (κ3) is 4.37. The van der Waals surface area contributed by atoms with Gasteiger partial charge in [0.25, 0.3) is 0 Å². The van der Waals surface area contributed by atoms with Crippen LogP contribution in [-0.2, 0) is 4.74 Å². The number of hydrogen-bond donors (Lipinski definition) is 1. The number of anilines is 1. The van der Waals surface area contributed by atoms with Crippen LogP contribution in [0.15, 0.2) is 18.2 Å². The molecule has 1 aromatic rings. The summed E-state index contributed by atoms with van der Waals surface area (Å²) in [5.41, 5.74) is 1.79. The van der Waals surface area contributed by atoms with Crippen LogP contribution in [0.4, 0.5) is 5.69 Å². The lowest BCUT2D eigenvalue weighted by molar-refractivity contribution is 0.0601. The number of methoxy groups -OCH3 is 1. The first-order valence-corrected chi connectivity index (χ1v) is 7.93. The molecule has 0 heterocycles. The van der Waals surface area contributed by atoms with E-state index in [0.717, 1.165) is 12.1 Å². The highest BCUT2D eigenvalue weighted by atomic mass is 35.5. The maximum absolute atomic E-state index is 11.7. The standard InChI is InChI=1S/C17H24ClNO2/c1-17(2)9-4-5-12(8-10-17)19-13-6-7-15(18)14(11-13)16(20)21-3/h6-7,11-12,19H,4-5,8-10H2,1-3H3. The van der Waals surface area contributed by atoms with E-state index in [1.54, 1.807) is 12.1 Å². The van der Waals surface area contributed by atoms with Crippen LogP contribution in [-0.4, -0.2) is 19.1 Å². The van der Waals surface area contributed by atoms with E-state index < -0.39 is 5.97 Å². The summed E-state index contributed by atoms with van der Waals surface area (Å²) in [6.45, 7) is 4.68. The predicted octanol–water partition coefficient (Wildman–Crippen LogP) is 4.90. The first kappa shape index (κ1) is 16.2. The van der Waals surface area contributed by atoms with E-state index in [0.29, 0.717) is 22.0 Å². The van der Waals surface area contributed by atoms with Gasteiger partial charge in [0.1, 0.15) is 0 Å². The minimum Gasteiger partial charge on any atom is -0.465 e. The Balaban J connectivity index is 2.07. The summed E-state index contributed by atoms with van der Waals surface area (Å²) in [7, 11) is 1.37. The number of nitrogens with one attached hydrogen (secondary N) is 1. The fraction of sp³-hybridized carbons (Fsp3) is 0.588. The van der Waals surface area contributed by atoms with Crippen molar-refractivity contribution in [1.29, 1.82) is 0 Å². The van der Waals surface area contributed by atoms with E-state index in [4.69, 9.17) is 16.3 Å². The zero-order valence-corrected chi connectivity index (χ0v) is 13.8. The molecule has 0 radical (unpaired) electrons. The molecule has 1 atom stereocenters. The summed E-state index contributed by atoms with van der Waals surface area (Å²) in [5.74, 6) is -0.398. The molecule has 0 aromatic heterocycles. The highest BCUT2D eigenvalue weighted by Crippen LogP contribution is 2.35. The largest absolute Gasteiger partial charge is 0.465 e. The first-order valence-electron chi connectivity index (χ1n) is 7.56. The van der Waals surface area contributed by atoms with Crippen molar-refractivity contribution in [1.82, 2.24) is 0 Å². The fourth-order valence-corrected chi connectivity index (χ4v) is 3.12. The third-order valence-electron chi connectivity index (χ3n) is 4.32. The Morgan fingerprint density at radius 3 is 2.81 bits per heavy atom. The average molecular weight is 310 g/mol. The lowest BCUT2D eigenvalue weighted by Gasteiger charge is -2.22. The predicted molar refractivity (Wildman–Crippen MR) is 87.1 cm³/mol. The quantitative estimate of drug-likeness (QED) is 0.637. The molecule has 1 unspecified atom stereocenters. The Bertz CT molecular complexity index is 514. The number of hydrogen-bond acceptors (Lipinski definition) is 3. The van der Waals surface area contributed by atoms with Crippen LogP contribution < -0.4 is 5.32 Å². The molecule has 1 aromatic carbocycles. The van der Waals surface area contributed by atoms with Gasteiger partial charge in [-0.25, -0.2) is 4.79 Å². The van der Waals surface area contributed by atoms with E-state index >= 15 is 0 Å². The van der Waals surface area contributed by atoms with Gasteiger partial charge in [-0.3, -0.25) is 0 Å². The molecule has 1 saturated carbocycles. The number of rotatable bonds is 3. The van der Waals surface area contributed by atoms with Crippen molar-refractivity contribution < 1.29 is 9.53 Å². The summed E-state index contributed by atoms with van der Waals surface area (Å²) in [4.78, 5) is 11.7. The van der Waals surface area contributed by atoms with Crippen LogP contribution in [0, 0.1) is 5.41 Å². The Labute approximate surface area is 132 Å². The van der Waals surface area contributed by atoms with Crippen LogP contribution >= 0.6 is 11.6 Å². The van der Waals surface area contributed by atoms with Gasteiger partial charge in [0.2, 0.25) is 0 Å². The second-order valence-electron chi connectivity index (χ2n) is 6.62. The Hall–Kier alpha value is -1.22. The van der Waals surface area contributed by atoms with Gasteiger partial charge in [-0.15, -0.1) is 0 Å². The molecule has 0 aliphatic heterocycles. The zero-order chi connectivity index (χ0) is 15.5. The van der Waals surface area contributed by atoms with Gasteiger partial charge in [0.05, 0.1) is 17.7 Å². The van der Waals surface area contributed by atoms with Crippen molar-refractivity contribution in [2.24, 2.45) is 5.41 Å². The van der Waals surface area contributed by atoms with Gasteiger partial charge < -0.3 is 10.1 Å². The van der Waals surface area contributed by atoms with Crippen molar-refractivity contribution in [3.8, 4) is 0 Å². The SMILES string of the molecule is COC(=O)c1cc(NC2CCCC(C)(C)CC2)ccc1Cl. The lowest BCUT2D eigenvalue weighted by atomic mass is 9.85. The Morgan fingerprint density at radius 2 is 2.10 bits per heavy atom. The minimum atomic E-state index is -0.398. The van der Waals surface area contributed by atoms with Gasteiger partial charge >= 0.3 is 5.97 Å². The van der Waals surface area contributed by atoms with Crippen LogP contribution in [0.5, 0.6) is 0 Å². The highest BCUT2D eigenvalue weighted by Gasteiger charge is 2.24. The summed E-state index contributed by atoms with van der Waals surface area (Å²) < 4.78 is 4.76. The van der Waals surface area contributed by atoms with Crippen LogP contribution in [0.1, 0.15) is 56.3 Å². The second-order valence-corrected chi connectivity index (χ2v) is 7.03. The summed E-state index contributed by atoms with van der Waals surface area (Å²) in [6.07, 6.45) is 6.06. The van der Waals surface area contributed by atoms with E-state index in [2.05, 4.69) is 19.2 Å². The second kappa shape index (κ2) is 6.69. The smallest absolute Gasteiger partial charge is 0.339 e. The normalized spacial score (nSPS) is 21.4. The number of halogens is 1. The molecule has 1 fully saturated rings. The summed E-state index contributed by atoms with van der Waals surface area (Å²) in [6, 6.07) is 5.91. The Kier molecular flexibility index (Phi) is 5.15. The number of carbonyl (C=O) groups excluding carboxylic acids is 1. The molecular formula is C17H24ClNO2. The molecular weight excluding hydrogens is 286 g/mol. The molecule has 0 bridgehead atoms. The van der Waals surface area contributed by atoms with Crippen LogP contribution in [0.2, 0.25) is 5.02 Å². The highest BCUT2D eigenvalue weighted by molar-refractivity contribution is 6.33. The van der Waals surface area contributed by atoms with Crippen molar-refractivity contribution in [2.45, 2.75) is 52.0 Å². The van der Waals surface area contributed by atoms with E-state index in [9.17, 15) is 4.79 Å². The molecule has 4 heteroatoms. The number of ether oxygens (including phenoxy) is 1. The summed E-state index contributed by atoms with van der Waals surface area (Å²) in [5, 5.41) is 3.96. The van der Waals surface area contributed by atoms with Gasteiger partial charge in [-0.1, -0.05) is 31.9 Å². The molecule has 2 rings (SSSR count). The van der Waals surface area contributed by atoms with Gasteiger partial charge in [0, 0.05) is 11.7 Å². The van der Waals surface area contributed by atoms with E-state index in [1.165, 1.54) is 32.8 Å². The van der Waals surface area contributed by atoms with Crippen molar-refractivity contribution >= 4 is 23.3 Å². The van der Waals surface area contributed by atoms with Crippen molar-refractivity contribution in [3.63, 3.8) is 0 Å². The lowest BCUT2D eigenvalue weighted by Crippen LogP contribution is -2.19. The van der Waals surface area contributed by atoms with Gasteiger partial charge in [-0.05, 0) is 49.3 Å². The van der Waals surface area contributed by atoms with Crippen LogP contribution in [0.25, 0.3) is 0 Å². The van der Waals surface area contributed by atoms with E-state index in [-0.39, 0.29) is 0 Å². The monoisotopic (exact) mass is 309 g/mol. The molecule has 0 spiro atoms. The zero-order valence-electron chi connectivity index (χ0n) is 13.0. The molecule has 3 nitrogen and oxygen atoms in total. The molecule has 116 valence electrons. The third-order valence-corrected chi connectivity index (χ3v) is 4.65. The van der Waals surface area contributed by atoms with Gasteiger partial charge in [-0.2, -0.15) is 0 Å². The Morgan fingerprint density at radius 1 is 1.33 bits per heavy atom. The molecule has 1 N–H and O–H groups in total. The van der Waals surface area contributed by atoms with Crippen molar-refractivity contribution in [2.75, 3.05) is 12.4 Å². The first-order chi connectivity index (χ1) is 9.91. The molecule has 0 amide bonds. The minimum absolute atomic E-state index is 0.398. The molecule has 21 heavy (non-hydrogen) atoms. The molecule has 0 saturated heterocycles. The topological polar surface area (TPSA) is 38.3 Å². The van der Waals surface area contributed by atoms with Crippen LogP contribution in [0.3, 0.4) is 0 Å². The molecule has 1 aliphatic rings. The van der Waals surface area contributed by atoms with Gasteiger partial charge in [0.15, 0.2) is 0 Å². The average Bonchev–Trinajstić information content (AvgIpc) is 2.61. The van der Waals surface area contributed by atoms with E-state index in [1.807, 2.05) is 6.07 Å². The maximum atomic E-state index is 11.7. The maximum Gasteiger partial charge on any atom is 0.339 e. The molecule has 1 aliphatic carbocycles. The number of esters is 1. The number of benzene rings is 1. The number of carbonyl (C=O) groups is 1. The van der Waals surface area contributed by atoms with Crippen molar-refractivity contribution in [3.05, 3.63) is 28.8 Å².